The Morgan fingerprint density at radius 3 is 2.87 bits per heavy atom. The molecule has 0 spiro atoms. The molecule has 0 atom stereocenters. The SMILES string of the molecule is CNc1cnccc1C(=O)NCC(C)C. The van der Waals surface area contributed by atoms with Crippen molar-refractivity contribution < 1.29 is 4.79 Å². The molecule has 0 unspecified atom stereocenters. The molecule has 1 heterocycles. The predicted molar refractivity (Wildman–Crippen MR) is 61.0 cm³/mol. The van der Waals surface area contributed by atoms with E-state index in [1.807, 2.05) is 0 Å². The number of carbonyl (C=O) groups is 1. The number of nitrogens with zero attached hydrogens (tertiary/aromatic N) is 1. The highest BCUT2D eigenvalue weighted by Crippen LogP contribution is 2.11. The largest absolute Gasteiger partial charge is 0.386 e. The molecular formula is C11H17N3O. The molecule has 0 fully saturated rings. The number of pyridine rings is 1. The topological polar surface area (TPSA) is 54.0 Å². The minimum atomic E-state index is -0.0598. The highest BCUT2D eigenvalue weighted by Gasteiger charge is 2.09. The quantitative estimate of drug-likeness (QED) is 0.786. The lowest BCUT2D eigenvalue weighted by molar-refractivity contribution is 0.0949. The molecule has 2 N–H and O–H groups in total. The molecule has 1 aromatic rings. The van der Waals surface area contributed by atoms with Gasteiger partial charge in [-0.2, -0.15) is 0 Å². The van der Waals surface area contributed by atoms with E-state index >= 15 is 0 Å². The Morgan fingerprint density at radius 2 is 2.27 bits per heavy atom. The second-order valence-electron chi connectivity index (χ2n) is 3.78. The van der Waals surface area contributed by atoms with Gasteiger partial charge in [0.05, 0.1) is 17.4 Å². The summed E-state index contributed by atoms with van der Waals surface area (Å²) in [4.78, 5) is 15.7. The summed E-state index contributed by atoms with van der Waals surface area (Å²) in [6.07, 6.45) is 3.26. The van der Waals surface area contributed by atoms with Crippen LogP contribution in [0.1, 0.15) is 24.2 Å². The molecule has 0 saturated carbocycles. The summed E-state index contributed by atoms with van der Waals surface area (Å²) < 4.78 is 0. The Hall–Kier alpha value is -1.58. The van der Waals surface area contributed by atoms with Gasteiger partial charge in [0.25, 0.3) is 5.91 Å². The molecule has 1 amide bonds. The van der Waals surface area contributed by atoms with Gasteiger partial charge in [0.1, 0.15) is 0 Å². The molecular weight excluding hydrogens is 190 g/mol. The number of amides is 1. The van der Waals surface area contributed by atoms with Gasteiger partial charge in [-0.25, -0.2) is 0 Å². The van der Waals surface area contributed by atoms with Crippen LogP contribution in [0.4, 0.5) is 5.69 Å². The van der Waals surface area contributed by atoms with Crippen LogP contribution in [0.2, 0.25) is 0 Å². The molecule has 4 heteroatoms. The number of hydrogen-bond donors (Lipinski definition) is 2. The van der Waals surface area contributed by atoms with Crippen LogP contribution < -0.4 is 10.6 Å². The van der Waals surface area contributed by atoms with E-state index in [-0.39, 0.29) is 5.91 Å². The Balaban J connectivity index is 2.72. The van der Waals surface area contributed by atoms with Crippen LogP contribution in [0.5, 0.6) is 0 Å². The van der Waals surface area contributed by atoms with Crippen molar-refractivity contribution in [2.45, 2.75) is 13.8 Å². The Bertz CT molecular complexity index is 336. The van der Waals surface area contributed by atoms with Gasteiger partial charge in [0.15, 0.2) is 0 Å². The van der Waals surface area contributed by atoms with E-state index in [9.17, 15) is 4.79 Å². The molecule has 4 nitrogen and oxygen atoms in total. The third kappa shape index (κ3) is 3.23. The molecule has 82 valence electrons. The van der Waals surface area contributed by atoms with E-state index in [0.717, 1.165) is 5.69 Å². The van der Waals surface area contributed by atoms with E-state index in [2.05, 4.69) is 29.5 Å². The van der Waals surface area contributed by atoms with Gasteiger partial charge in [-0.05, 0) is 12.0 Å². The van der Waals surface area contributed by atoms with Crippen LogP contribution >= 0.6 is 0 Å². The van der Waals surface area contributed by atoms with Gasteiger partial charge in [-0.15, -0.1) is 0 Å². The Morgan fingerprint density at radius 1 is 1.53 bits per heavy atom. The molecule has 1 aromatic heterocycles. The summed E-state index contributed by atoms with van der Waals surface area (Å²) in [7, 11) is 1.77. The third-order valence-corrected chi connectivity index (χ3v) is 2.01. The summed E-state index contributed by atoms with van der Waals surface area (Å²) in [6.45, 7) is 4.81. The van der Waals surface area contributed by atoms with Crippen molar-refractivity contribution >= 4 is 11.6 Å². The molecule has 0 aliphatic carbocycles. The summed E-state index contributed by atoms with van der Waals surface area (Å²) >= 11 is 0. The highest BCUT2D eigenvalue weighted by atomic mass is 16.1. The lowest BCUT2D eigenvalue weighted by Gasteiger charge is -2.10. The lowest BCUT2D eigenvalue weighted by Crippen LogP contribution is -2.27. The first-order valence-corrected chi connectivity index (χ1v) is 5.05. The normalized spacial score (nSPS) is 10.1. The molecule has 0 aliphatic heterocycles. The van der Waals surface area contributed by atoms with Gasteiger partial charge < -0.3 is 10.6 Å². The summed E-state index contributed by atoms with van der Waals surface area (Å²) in [5.74, 6) is 0.393. The molecule has 0 saturated heterocycles. The molecule has 0 bridgehead atoms. The summed E-state index contributed by atoms with van der Waals surface area (Å²) in [6, 6.07) is 1.71. The van der Waals surface area contributed by atoms with Crippen LogP contribution in [0.25, 0.3) is 0 Å². The van der Waals surface area contributed by atoms with Gasteiger partial charge >= 0.3 is 0 Å². The maximum Gasteiger partial charge on any atom is 0.253 e. The first kappa shape index (κ1) is 11.5. The fourth-order valence-electron chi connectivity index (χ4n) is 1.18. The number of anilines is 1. The smallest absolute Gasteiger partial charge is 0.253 e. The van der Waals surface area contributed by atoms with E-state index in [1.54, 1.807) is 25.5 Å². The predicted octanol–water partition coefficient (Wildman–Crippen LogP) is 1.51. The number of rotatable bonds is 4. The maximum atomic E-state index is 11.7. The fourth-order valence-corrected chi connectivity index (χ4v) is 1.18. The van der Waals surface area contributed by atoms with E-state index in [4.69, 9.17) is 0 Å². The minimum absolute atomic E-state index is 0.0598. The zero-order valence-corrected chi connectivity index (χ0v) is 9.37. The average Bonchev–Trinajstić information content (AvgIpc) is 2.25. The zero-order chi connectivity index (χ0) is 11.3. The van der Waals surface area contributed by atoms with Gasteiger partial charge in [0, 0.05) is 19.8 Å². The second kappa shape index (κ2) is 5.34. The third-order valence-electron chi connectivity index (χ3n) is 2.01. The van der Waals surface area contributed by atoms with Crippen LogP contribution in [-0.2, 0) is 0 Å². The summed E-state index contributed by atoms with van der Waals surface area (Å²) in [5, 5.41) is 5.81. The molecule has 1 rings (SSSR count). The van der Waals surface area contributed by atoms with Gasteiger partial charge in [-0.1, -0.05) is 13.8 Å². The van der Waals surface area contributed by atoms with Crippen molar-refractivity contribution in [2.24, 2.45) is 5.92 Å². The molecule has 0 aromatic carbocycles. The van der Waals surface area contributed by atoms with E-state index in [0.29, 0.717) is 18.0 Å². The number of aromatic nitrogens is 1. The maximum absolute atomic E-state index is 11.7. The number of carbonyl (C=O) groups excluding carboxylic acids is 1. The van der Waals surface area contributed by atoms with Crippen LogP contribution in [-0.4, -0.2) is 24.5 Å². The fraction of sp³-hybridized carbons (Fsp3) is 0.455. The van der Waals surface area contributed by atoms with Crippen LogP contribution in [0, 0.1) is 5.92 Å². The molecule has 0 radical (unpaired) electrons. The molecule has 0 aliphatic rings. The lowest BCUT2D eigenvalue weighted by atomic mass is 10.2. The first-order valence-electron chi connectivity index (χ1n) is 5.05. The zero-order valence-electron chi connectivity index (χ0n) is 9.37. The average molecular weight is 207 g/mol. The van der Waals surface area contributed by atoms with Gasteiger partial charge in [0.2, 0.25) is 0 Å². The number of hydrogen-bond acceptors (Lipinski definition) is 3. The second-order valence-corrected chi connectivity index (χ2v) is 3.78. The summed E-state index contributed by atoms with van der Waals surface area (Å²) in [5.41, 5.74) is 1.38. The number of nitrogens with one attached hydrogen (secondary N) is 2. The first-order chi connectivity index (χ1) is 7.15. The van der Waals surface area contributed by atoms with Crippen molar-refractivity contribution in [3.05, 3.63) is 24.0 Å². The van der Waals surface area contributed by atoms with Crippen molar-refractivity contribution in [1.82, 2.24) is 10.3 Å². The van der Waals surface area contributed by atoms with Crippen molar-refractivity contribution in [1.29, 1.82) is 0 Å². The van der Waals surface area contributed by atoms with Crippen LogP contribution in [0.15, 0.2) is 18.5 Å². The monoisotopic (exact) mass is 207 g/mol. The van der Waals surface area contributed by atoms with Crippen molar-refractivity contribution in [3.63, 3.8) is 0 Å². The van der Waals surface area contributed by atoms with Crippen molar-refractivity contribution in [3.8, 4) is 0 Å². The van der Waals surface area contributed by atoms with Crippen LogP contribution in [0.3, 0.4) is 0 Å². The molecule has 15 heavy (non-hydrogen) atoms. The minimum Gasteiger partial charge on any atom is -0.386 e. The standard InChI is InChI=1S/C11H17N3O/c1-8(2)6-14-11(15)9-4-5-13-7-10(9)12-3/h4-5,7-8,12H,6H2,1-3H3,(H,14,15). The Kier molecular flexibility index (Phi) is 4.09. The highest BCUT2D eigenvalue weighted by molar-refractivity contribution is 5.99. The van der Waals surface area contributed by atoms with Gasteiger partial charge in [-0.3, -0.25) is 9.78 Å². The Labute approximate surface area is 90.1 Å². The van der Waals surface area contributed by atoms with E-state index < -0.39 is 0 Å². The van der Waals surface area contributed by atoms with E-state index in [1.165, 1.54) is 0 Å². The van der Waals surface area contributed by atoms with Crippen molar-refractivity contribution in [2.75, 3.05) is 18.9 Å².